The zero-order chi connectivity index (χ0) is 15.3. The van der Waals surface area contributed by atoms with E-state index in [9.17, 15) is 9.90 Å². The highest BCUT2D eigenvalue weighted by atomic mass is 16.4. The first-order chi connectivity index (χ1) is 9.36. The van der Waals surface area contributed by atoms with Crippen LogP contribution >= 0.6 is 0 Å². The second kappa shape index (κ2) is 6.68. The number of aromatic carboxylic acids is 1. The Morgan fingerprint density at radius 3 is 2.30 bits per heavy atom. The third-order valence-corrected chi connectivity index (χ3v) is 3.75. The van der Waals surface area contributed by atoms with Gasteiger partial charge in [-0.25, -0.2) is 4.79 Å². The number of hydrogen-bond donors (Lipinski definition) is 2. The molecule has 0 saturated heterocycles. The molecule has 0 bridgehead atoms. The van der Waals surface area contributed by atoms with Gasteiger partial charge in [0.1, 0.15) is 5.56 Å². The summed E-state index contributed by atoms with van der Waals surface area (Å²) in [7, 11) is 0. The molecule has 112 valence electrons. The molecule has 0 unspecified atom stereocenters. The number of aromatic nitrogens is 2. The predicted molar refractivity (Wildman–Crippen MR) is 80.3 cm³/mol. The van der Waals surface area contributed by atoms with Gasteiger partial charge in [0.25, 0.3) is 0 Å². The van der Waals surface area contributed by atoms with Gasteiger partial charge in [-0.2, -0.15) is 5.10 Å². The second-order valence-electron chi connectivity index (χ2n) is 5.73. The van der Waals surface area contributed by atoms with Gasteiger partial charge in [0.05, 0.1) is 5.69 Å². The standard InChI is InChI=1S/C15H25N3O2/c1-6-10-11(7-2)17-18-13(12(10)14(19)20)16-9-15(4,5)8-3/h6-9H2,1-5H3,(H,16,18)(H,19,20). The van der Waals surface area contributed by atoms with Gasteiger partial charge in [-0.05, 0) is 30.2 Å². The minimum atomic E-state index is -0.941. The summed E-state index contributed by atoms with van der Waals surface area (Å²) in [5.41, 5.74) is 1.91. The summed E-state index contributed by atoms with van der Waals surface area (Å²) >= 11 is 0. The van der Waals surface area contributed by atoms with Crippen LogP contribution in [-0.2, 0) is 12.8 Å². The Labute approximate surface area is 120 Å². The third kappa shape index (κ3) is 3.68. The second-order valence-corrected chi connectivity index (χ2v) is 5.73. The molecule has 0 aromatic carbocycles. The summed E-state index contributed by atoms with van der Waals surface area (Å²) in [6.45, 7) is 11.0. The minimum Gasteiger partial charge on any atom is -0.478 e. The first-order valence-corrected chi connectivity index (χ1v) is 7.21. The first kappa shape index (κ1) is 16.4. The molecule has 0 spiro atoms. The van der Waals surface area contributed by atoms with Gasteiger partial charge in [-0.3, -0.25) is 0 Å². The molecule has 20 heavy (non-hydrogen) atoms. The molecule has 0 aliphatic heterocycles. The normalized spacial score (nSPS) is 11.4. The Morgan fingerprint density at radius 1 is 1.20 bits per heavy atom. The summed E-state index contributed by atoms with van der Waals surface area (Å²) in [5, 5.41) is 20.9. The Kier molecular flexibility index (Phi) is 5.48. The Bertz CT molecular complexity index is 484. The van der Waals surface area contributed by atoms with Gasteiger partial charge >= 0.3 is 5.97 Å². The van der Waals surface area contributed by atoms with Crippen molar-refractivity contribution >= 4 is 11.8 Å². The van der Waals surface area contributed by atoms with Gasteiger partial charge in [0.15, 0.2) is 5.82 Å². The number of nitrogens with one attached hydrogen (secondary N) is 1. The van der Waals surface area contributed by atoms with E-state index in [1.807, 2.05) is 13.8 Å². The lowest BCUT2D eigenvalue weighted by atomic mass is 9.90. The van der Waals surface area contributed by atoms with E-state index in [2.05, 4.69) is 36.3 Å². The van der Waals surface area contributed by atoms with Crippen molar-refractivity contribution in [1.29, 1.82) is 0 Å². The largest absolute Gasteiger partial charge is 0.478 e. The molecule has 0 aliphatic rings. The fourth-order valence-corrected chi connectivity index (χ4v) is 1.97. The molecular weight excluding hydrogens is 254 g/mol. The number of nitrogens with zero attached hydrogens (tertiary/aromatic N) is 2. The number of carbonyl (C=O) groups is 1. The van der Waals surface area contributed by atoms with E-state index in [-0.39, 0.29) is 11.0 Å². The lowest BCUT2D eigenvalue weighted by Crippen LogP contribution is -2.24. The lowest BCUT2D eigenvalue weighted by Gasteiger charge is -2.24. The van der Waals surface area contributed by atoms with Crippen LogP contribution < -0.4 is 5.32 Å². The van der Waals surface area contributed by atoms with Crippen molar-refractivity contribution in [3.63, 3.8) is 0 Å². The number of carboxylic acids is 1. The molecule has 0 aliphatic carbocycles. The molecule has 5 nitrogen and oxygen atoms in total. The van der Waals surface area contributed by atoms with E-state index in [0.29, 0.717) is 25.2 Å². The molecule has 1 heterocycles. The SMILES string of the molecule is CCc1nnc(NCC(C)(C)CC)c(C(=O)O)c1CC. The molecule has 1 aromatic heterocycles. The molecule has 0 fully saturated rings. The molecule has 0 saturated carbocycles. The highest BCUT2D eigenvalue weighted by Crippen LogP contribution is 2.24. The molecule has 0 radical (unpaired) electrons. The Morgan fingerprint density at radius 2 is 1.85 bits per heavy atom. The van der Waals surface area contributed by atoms with Gasteiger partial charge in [0, 0.05) is 6.54 Å². The molecule has 1 aromatic rings. The highest BCUT2D eigenvalue weighted by Gasteiger charge is 2.22. The average molecular weight is 279 g/mol. The first-order valence-electron chi connectivity index (χ1n) is 7.21. The van der Waals surface area contributed by atoms with Crippen LogP contribution in [0.25, 0.3) is 0 Å². The average Bonchev–Trinajstić information content (AvgIpc) is 2.43. The third-order valence-electron chi connectivity index (χ3n) is 3.75. The lowest BCUT2D eigenvalue weighted by molar-refractivity contribution is 0.0696. The smallest absolute Gasteiger partial charge is 0.339 e. The number of anilines is 1. The van der Waals surface area contributed by atoms with Crippen molar-refractivity contribution in [1.82, 2.24) is 10.2 Å². The van der Waals surface area contributed by atoms with Crippen molar-refractivity contribution in [2.24, 2.45) is 5.41 Å². The van der Waals surface area contributed by atoms with Crippen LogP contribution in [0.4, 0.5) is 5.82 Å². The van der Waals surface area contributed by atoms with Gasteiger partial charge in [-0.15, -0.1) is 5.10 Å². The van der Waals surface area contributed by atoms with Crippen LogP contribution in [0.15, 0.2) is 0 Å². The van der Waals surface area contributed by atoms with Crippen LogP contribution in [0, 0.1) is 5.41 Å². The highest BCUT2D eigenvalue weighted by molar-refractivity contribution is 5.95. The number of carboxylic acid groups (broad SMARTS) is 1. The fourth-order valence-electron chi connectivity index (χ4n) is 1.97. The molecule has 0 atom stereocenters. The van der Waals surface area contributed by atoms with E-state index in [1.54, 1.807) is 0 Å². The predicted octanol–water partition coefficient (Wildman–Crippen LogP) is 3.15. The Hall–Kier alpha value is -1.65. The molecule has 0 amide bonds. The van der Waals surface area contributed by atoms with Crippen molar-refractivity contribution in [2.75, 3.05) is 11.9 Å². The van der Waals surface area contributed by atoms with Crippen LogP contribution in [0.2, 0.25) is 0 Å². The van der Waals surface area contributed by atoms with E-state index < -0.39 is 5.97 Å². The number of rotatable bonds is 7. The molecule has 2 N–H and O–H groups in total. The maximum Gasteiger partial charge on any atom is 0.339 e. The molecule has 5 heteroatoms. The van der Waals surface area contributed by atoms with Crippen molar-refractivity contribution in [3.8, 4) is 0 Å². The van der Waals surface area contributed by atoms with Crippen molar-refractivity contribution in [3.05, 3.63) is 16.8 Å². The van der Waals surface area contributed by atoms with Crippen LogP contribution in [0.5, 0.6) is 0 Å². The summed E-state index contributed by atoms with van der Waals surface area (Å²) in [5.74, 6) is -0.559. The van der Waals surface area contributed by atoms with Crippen LogP contribution in [-0.4, -0.2) is 27.8 Å². The van der Waals surface area contributed by atoms with E-state index >= 15 is 0 Å². The van der Waals surface area contributed by atoms with Gasteiger partial charge in [0.2, 0.25) is 0 Å². The summed E-state index contributed by atoms with van der Waals surface area (Å²) in [6, 6.07) is 0. The van der Waals surface area contributed by atoms with Crippen LogP contribution in [0.1, 0.15) is 62.7 Å². The van der Waals surface area contributed by atoms with Gasteiger partial charge in [-0.1, -0.05) is 34.6 Å². The summed E-state index contributed by atoms with van der Waals surface area (Å²) < 4.78 is 0. The number of hydrogen-bond acceptors (Lipinski definition) is 4. The van der Waals surface area contributed by atoms with Gasteiger partial charge < -0.3 is 10.4 Å². The molecule has 1 rings (SSSR count). The van der Waals surface area contributed by atoms with E-state index in [0.717, 1.165) is 17.7 Å². The van der Waals surface area contributed by atoms with Crippen molar-refractivity contribution in [2.45, 2.75) is 53.9 Å². The van der Waals surface area contributed by atoms with E-state index in [1.165, 1.54) is 0 Å². The van der Waals surface area contributed by atoms with Crippen LogP contribution in [0.3, 0.4) is 0 Å². The zero-order valence-corrected chi connectivity index (χ0v) is 13.1. The maximum absolute atomic E-state index is 11.6. The fraction of sp³-hybridized carbons (Fsp3) is 0.667. The summed E-state index contributed by atoms with van der Waals surface area (Å²) in [4.78, 5) is 11.6. The number of aryl methyl sites for hydroxylation is 1. The minimum absolute atomic E-state index is 0.0905. The monoisotopic (exact) mass is 279 g/mol. The topological polar surface area (TPSA) is 75.1 Å². The Balaban J connectivity index is 3.17. The quantitative estimate of drug-likeness (QED) is 0.802. The summed E-state index contributed by atoms with van der Waals surface area (Å²) in [6.07, 6.45) is 2.34. The maximum atomic E-state index is 11.6. The van der Waals surface area contributed by atoms with E-state index in [4.69, 9.17) is 0 Å². The van der Waals surface area contributed by atoms with Crippen molar-refractivity contribution < 1.29 is 9.90 Å². The zero-order valence-electron chi connectivity index (χ0n) is 13.1. The molecular formula is C15H25N3O2.